The van der Waals surface area contributed by atoms with Crippen LogP contribution in [-0.2, 0) is 16.0 Å². The van der Waals surface area contributed by atoms with E-state index in [0.29, 0.717) is 19.5 Å². The lowest BCUT2D eigenvalue weighted by Gasteiger charge is -2.31. The monoisotopic (exact) mass is 262 g/mol. The zero-order chi connectivity index (χ0) is 13.7. The highest BCUT2D eigenvalue weighted by molar-refractivity contribution is 5.78. The third-order valence-electron chi connectivity index (χ3n) is 3.51. The van der Waals surface area contributed by atoms with Crippen molar-refractivity contribution in [3.63, 3.8) is 0 Å². The standard InChI is InChI=1S/C14H18N2O3/c17-13(8-12-2-1-5-15-10-12)16-6-3-11(4-7-16)9-14(18)19/h1-2,5,10-11H,3-4,6-9H2,(H,18,19). The van der Waals surface area contributed by atoms with Crippen molar-refractivity contribution >= 4 is 11.9 Å². The Morgan fingerprint density at radius 2 is 2.11 bits per heavy atom. The molecule has 5 nitrogen and oxygen atoms in total. The molecule has 0 aliphatic carbocycles. The van der Waals surface area contributed by atoms with E-state index >= 15 is 0 Å². The molecule has 2 heterocycles. The number of aliphatic carboxylic acids is 1. The van der Waals surface area contributed by atoms with Crippen molar-refractivity contribution in [1.29, 1.82) is 0 Å². The molecule has 102 valence electrons. The molecular formula is C14H18N2O3. The normalized spacial score (nSPS) is 16.3. The number of amides is 1. The maximum atomic E-state index is 12.1. The Morgan fingerprint density at radius 3 is 2.68 bits per heavy atom. The molecule has 1 aromatic rings. The zero-order valence-electron chi connectivity index (χ0n) is 10.8. The third kappa shape index (κ3) is 4.05. The van der Waals surface area contributed by atoms with Crippen LogP contribution in [0.2, 0.25) is 0 Å². The maximum Gasteiger partial charge on any atom is 0.303 e. The first kappa shape index (κ1) is 13.5. The number of piperidine rings is 1. The molecular weight excluding hydrogens is 244 g/mol. The van der Waals surface area contributed by atoms with Gasteiger partial charge in [0.1, 0.15) is 0 Å². The Morgan fingerprint density at radius 1 is 1.37 bits per heavy atom. The van der Waals surface area contributed by atoms with E-state index in [1.807, 2.05) is 17.0 Å². The summed E-state index contributed by atoms with van der Waals surface area (Å²) in [5.74, 6) is -0.443. The van der Waals surface area contributed by atoms with Crippen LogP contribution in [0.25, 0.3) is 0 Å². The predicted octanol–water partition coefficient (Wildman–Crippen LogP) is 1.34. The fraction of sp³-hybridized carbons (Fsp3) is 0.500. The van der Waals surface area contributed by atoms with Gasteiger partial charge in [-0.25, -0.2) is 0 Å². The van der Waals surface area contributed by atoms with Crippen molar-refractivity contribution in [3.8, 4) is 0 Å². The lowest BCUT2D eigenvalue weighted by atomic mass is 9.93. The average Bonchev–Trinajstić information content (AvgIpc) is 2.40. The largest absolute Gasteiger partial charge is 0.481 e. The number of aromatic nitrogens is 1. The van der Waals surface area contributed by atoms with Gasteiger partial charge < -0.3 is 10.0 Å². The van der Waals surface area contributed by atoms with Gasteiger partial charge in [-0.1, -0.05) is 6.07 Å². The van der Waals surface area contributed by atoms with Crippen LogP contribution in [0.5, 0.6) is 0 Å². The molecule has 0 radical (unpaired) electrons. The minimum atomic E-state index is -0.750. The fourth-order valence-electron chi connectivity index (χ4n) is 2.42. The summed E-state index contributed by atoms with van der Waals surface area (Å²) < 4.78 is 0. The molecule has 1 N–H and O–H groups in total. The van der Waals surface area contributed by atoms with E-state index in [1.54, 1.807) is 12.4 Å². The predicted molar refractivity (Wildman–Crippen MR) is 69.5 cm³/mol. The molecule has 1 fully saturated rings. The van der Waals surface area contributed by atoms with Crippen molar-refractivity contribution < 1.29 is 14.7 Å². The summed E-state index contributed by atoms with van der Waals surface area (Å²) >= 11 is 0. The second kappa shape index (κ2) is 6.31. The number of carboxylic acids is 1. The van der Waals surface area contributed by atoms with Gasteiger partial charge in [0.15, 0.2) is 0 Å². The Labute approximate surface area is 112 Å². The first-order valence-corrected chi connectivity index (χ1v) is 6.53. The van der Waals surface area contributed by atoms with Crippen molar-refractivity contribution in [3.05, 3.63) is 30.1 Å². The van der Waals surface area contributed by atoms with Gasteiger partial charge in [-0.15, -0.1) is 0 Å². The van der Waals surface area contributed by atoms with E-state index in [0.717, 1.165) is 18.4 Å². The molecule has 2 rings (SSSR count). The quantitative estimate of drug-likeness (QED) is 0.888. The van der Waals surface area contributed by atoms with E-state index in [-0.39, 0.29) is 18.2 Å². The number of pyridine rings is 1. The molecule has 0 aromatic carbocycles. The van der Waals surface area contributed by atoms with E-state index in [1.165, 1.54) is 0 Å². The van der Waals surface area contributed by atoms with Gasteiger partial charge >= 0.3 is 5.97 Å². The molecule has 0 bridgehead atoms. The Balaban J connectivity index is 1.81. The van der Waals surface area contributed by atoms with Crippen LogP contribution in [0.3, 0.4) is 0 Å². The van der Waals surface area contributed by atoms with Gasteiger partial charge in [0, 0.05) is 31.9 Å². The molecule has 19 heavy (non-hydrogen) atoms. The first-order valence-electron chi connectivity index (χ1n) is 6.53. The van der Waals surface area contributed by atoms with Gasteiger partial charge in [0.25, 0.3) is 0 Å². The second-order valence-electron chi connectivity index (χ2n) is 4.96. The van der Waals surface area contributed by atoms with Crippen LogP contribution in [0, 0.1) is 5.92 Å². The number of carbonyl (C=O) groups is 2. The smallest absolute Gasteiger partial charge is 0.303 e. The lowest BCUT2D eigenvalue weighted by molar-refractivity contribution is -0.138. The second-order valence-corrected chi connectivity index (χ2v) is 4.96. The summed E-state index contributed by atoms with van der Waals surface area (Å²) in [7, 11) is 0. The molecule has 1 amide bonds. The molecule has 0 atom stereocenters. The molecule has 1 aliphatic rings. The van der Waals surface area contributed by atoms with Gasteiger partial charge in [-0.3, -0.25) is 14.6 Å². The summed E-state index contributed by atoms with van der Waals surface area (Å²) in [6.07, 6.45) is 5.54. The Kier molecular flexibility index (Phi) is 4.49. The van der Waals surface area contributed by atoms with Crippen molar-refractivity contribution in [2.75, 3.05) is 13.1 Å². The van der Waals surface area contributed by atoms with Gasteiger partial charge in [-0.2, -0.15) is 0 Å². The van der Waals surface area contributed by atoms with E-state index < -0.39 is 5.97 Å². The first-order chi connectivity index (χ1) is 9.15. The van der Waals surface area contributed by atoms with Crippen LogP contribution in [0.15, 0.2) is 24.5 Å². The number of hydrogen-bond donors (Lipinski definition) is 1. The molecule has 1 aromatic heterocycles. The van der Waals surface area contributed by atoms with Crippen LogP contribution in [0.4, 0.5) is 0 Å². The van der Waals surface area contributed by atoms with Crippen LogP contribution in [-0.4, -0.2) is 40.0 Å². The van der Waals surface area contributed by atoms with Crippen LogP contribution >= 0.6 is 0 Å². The minimum absolute atomic E-state index is 0.0989. The molecule has 1 aliphatic heterocycles. The van der Waals surface area contributed by atoms with Gasteiger partial charge in [0.2, 0.25) is 5.91 Å². The summed E-state index contributed by atoms with van der Waals surface area (Å²) in [6.45, 7) is 1.33. The molecule has 0 saturated carbocycles. The highest BCUT2D eigenvalue weighted by Gasteiger charge is 2.24. The Bertz CT molecular complexity index is 439. The minimum Gasteiger partial charge on any atom is -0.481 e. The lowest BCUT2D eigenvalue weighted by Crippen LogP contribution is -2.39. The number of nitrogens with zero attached hydrogens (tertiary/aromatic N) is 2. The maximum absolute atomic E-state index is 12.1. The summed E-state index contributed by atoms with van der Waals surface area (Å²) in [5.41, 5.74) is 0.917. The van der Waals surface area contributed by atoms with Crippen molar-refractivity contribution in [1.82, 2.24) is 9.88 Å². The SMILES string of the molecule is O=C(O)CC1CCN(C(=O)Cc2cccnc2)CC1. The summed E-state index contributed by atoms with van der Waals surface area (Å²) in [6, 6.07) is 3.71. The van der Waals surface area contributed by atoms with Crippen molar-refractivity contribution in [2.45, 2.75) is 25.7 Å². The number of carboxylic acid groups (broad SMARTS) is 1. The zero-order valence-corrected chi connectivity index (χ0v) is 10.8. The summed E-state index contributed by atoms with van der Waals surface area (Å²) in [5, 5.41) is 8.75. The van der Waals surface area contributed by atoms with E-state index in [4.69, 9.17) is 5.11 Å². The summed E-state index contributed by atoms with van der Waals surface area (Å²) in [4.78, 5) is 28.5. The molecule has 0 spiro atoms. The molecule has 1 saturated heterocycles. The third-order valence-corrected chi connectivity index (χ3v) is 3.51. The number of rotatable bonds is 4. The Hall–Kier alpha value is -1.91. The average molecular weight is 262 g/mol. The highest BCUT2D eigenvalue weighted by atomic mass is 16.4. The topological polar surface area (TPSA) is 70.5 Å². The number of carbonyl (C=O) groups excluding carboxylic acids is 1. The van der Waals surface area contributed by atoms with Gasteiger partial charge in [-0.05, 0) is 30.4 Å². The highest BCUT2D eigenvalue weighted by Crippen LogP contribution is 2.20. The van der Waals surface area contributed by atoms with E-state index in [2.05, 4.69) is 4.98 Å². The van der Waals surface area contributed by atoms with Gasteiger partial charge in [0.05, 0.1) is 6.42 Å². The number of hydrogen-bond acceptors (Lipinski definition) is 3. The van der Waals surface area contributed by atoms with Crippen LogP contribution in [0.1, 0.15) is 24.8 Å². The molecule has 0 unspecified atom stereocenters. The van der Waals surface area contributed by atoms with E-state index in [9.17, 15) is 9.59 Å². The molecule has 5 heteroatoms. The van der Waals surface area contributed by atoms with Crippen molar-refractivity contribution in [2.24, 2.45) is 5.92 Å². The van der Waals surface area contributed by atoms with Crippen LogP contribution < -0.4 is 0 Å². The fourth-order valence-corrected chi connectivity index (χ4v) is 2.42. The number of likely N-dealkylation sites (tertiary alicyclic amines) is 1.